The Balaban J connectivity index is 1.69. The van der Waals surface area contributed by atoms with Crippen LogP contribution in [0.15, 0.2) is 18.3 Å². The van der Waals surface area contributed by atoms with Crippen LogP contribution in [-0.4, -0.2) is 46.0 Å². The number of aromatic nitrogens is 2. The summed E-state index contributed by atoms with van der Waals surface area (Å²) >= 11 is 0. The lowest BCUT2D eigenvalue weighted by Gasteiger charge is -2.16. The molecule has 1 unspecified atom stereocenters. The zero-order valence-corrected chi connectivity index (χ0v) is 13.3. The molecule has 2 aromatic rings. The Morgan fingerprint density at radius 2 is 2.08 bits per heavy atom. The Bertz CT molecular complexity index is 864. The molecule has 1 fully saturated rings. The molecule has 1 saturated heterocycles. The molecule has 0 spiro atoms. The van der Waals surface area contributed by atoms with Gasteiger partial charge in [-0.25, -0.2) is 9.18 Å². The van der Waals surface area contributed by atoms with Gasteiger partial charge in [-0.2, -0.15) is 18.3 Å². The first-order valence-electron chi connectivity index (χ1n) is 7.64. The molecular formula is C15H14F4N4O3. The molecule has 3 rings (SSSR count). The molecule has 1 aromatic heterocycles. The molecule has 2 heterocycles. The number of alkyl halides is 3. The molecule has 1 aliphatic rings. The number of carbonyl (C=O) groups excluding carboxylic acids is 2. The zero-order chi connectivity index (χ0) is 19.1. The molecule has 1 amide bonds. The quantitative estimate of drug-likeness (QED) is 0.822. The van der Waals surface area contributed by atoms with E-state index >= 15 is 0 Å². The fourth-order valence-corrected chi connectivity index (χ4v) is 2.89. The molecule has 0 radical (unpaired) electrons. The van der Waals surface area contributed by atoms with E-state index in [0.29, 0.717) is 18.4 Å². The molecule has 140 valence electrons. The normalized spacial score (nSPS) is 18.4. The summed E-state index contributed by atoms with van der Waals surface area (Å²) in [4.78, 5) is 26.6. The van der Waals surface area contributed by atoms with Crippen molar-refractivity contribution < 1.29 is 32.0 Å². The van der Waals surface area contributed by atoms with Gasteiger partial charge < -0.3 is 10.6 Å². The molecule has 26 heavy (non-hydrogen) atoms. The highest BCUT2D eigenvalue weighted by Crippen LogP contribution is 2.24. The van der Waals surface area contributed by atoms with E-state index < -0.39 is 23.9 Å². The minimum Gasteiger partial charge on any atom is -0.366 e. The van der Waals surface area contributed by atoms with Crippen LogP contribution < -0.4 is 5.73 Å². The average Bonchev–Trinajstić information content (AvgIpc) is 3.11. The fourth-order valence-electron chi connectivity index (χ4n) is 2.89. The van der Waals surface area contributed by atoms with Crippen molar-refractivity contribution in [2.75, 3.05) is 13.1 Å². The van der Waals surface area contributed by atoms with Crippen LogP contribution in [0.3, 0.4) is 0 Å². The molecule has 2 N–H and O–H groups in total. The highest BCUT2D eigenvalue weighted by Gasteiger charge is 2.43. The number of fused-ring (bicyclic) bond motifs is 1. The van der Waals surface area contributed by atoms with E-state index in [-0.39, 0.29) is 30.1 Å². The van der Waals surface area contributed by atoms with Crippen LogP contribution in [0.4, 0.5) is 17.6 Å². The maximum atomic E-state index is 13.5. The number of nitrogens with zero attached hydrogens (tertiary/aromatic N) is 3. The SMILES string of the molecule is NC(=O)c1cc(F)cc2cn(CC3CCN(OC(=O)C(F)(F)F)C3)nc12. The number of hydrogen-bond acceptors (Lipinski definition) is 5. The number of amides is 1. The van der Waals surface area contributed by atoms with Crippen molar-refractivity contribution in [1.82, 2.24) is 14.8 Å². The van der Waals surface area contributed by atoms with Crippen molar-refractivity contribution in [2.24, 2.45) is 11.7 Å². The van der Waals surface area contributed by atoms with Gasteiger partial charge in [-0.05, 0) is 24.5 Å². The summed E-state index contributed by atoms with van der Waals surface area (Å²) in [7, 11) is 0. The topological polar surface area (TPSA) is 90.5 Å². The predicted octanol–water partition coefficient (Wildman–Crippen LogP) is 1.62. The van der Waals surface area contributed by atoms with E-state index in [0.717, 1.165) is 11.1 Å². The standard InChI is InChI=1S/C15H14F4N4O3/c16-10-3-9-7-22(21-12(9)11(4-10)13(20)24)5-8-1-2-23(6-8)26-14(25)15(17,18)19/h3-4,7-8H,1-2,5-6H2,(H2,20,24). The molecular weight excluding hydrogens is 360 g/mol. The smallest absolute Gasteiger partial charge is 0.366 e. The summed E-state index contributed by atoms with van der Waals surface area (Å²) in [5, 5.41) is 5.55. The Kier molecular flexibility index (Phi) is 4.57. The first-order valence-corrected chi connectivity index (χ1v) is 7.64. The van der Waals surface area contributed by atoms with Crippen LogP contribution in [0.2, 0.25) is 0 Å². The van der Waals surface area contributed by atoms with E-state index in [2.05, 4.69) is 9.94 Å². The number of hydrogen-bond donors (Lipinski definition) is 1. The molecule has 0 bridgehead atoms. The van der Waals surface area contributed by atoms with Crippen molar-refractivity contribution in [3.63, 3.8) is 0 Å². The predicted molar refractivity (Wildman–Crippen MR) is 80.0 cm³/mol. The van der Waals surface area contributed by atoms with E-state index in [4.69, 9.17) is 5.73 Å². The van der Waals surface area contributed by atoms with Gasteiger partial charge in [0.25, 0.3) is 5.91 Å². The van der Waals surface area contributed by atoms with Gasteiger partial charge in [0.1, 0.15) is 11.3 Å². The van der Waals surface area contributed by atoms with Crippen molar-refractivity contribution in [3.8, 4) is 0 Å². The first-order chi connectivity index (χ1) is 12.1. The van der Waals surface area contributed by atoms with E-state index in [9.17, 15) is 27.2 Å². The van der Waals surface area contributed by atoms with Gasteiger partial charge in [-0.15, -0.1) is 5.06 Å². The minimum atomic E-state index is -5.05. The number of benzene rings is 1. The third kappa shape index (κ3) is 3.77. The summed E-state index contributed by atoms with van der Waals surface area (Å²) in [6.07, 6.45) is -3.04. The van der Waals surface area contributed by atoms with Crippen LogP contribution in [0, 0.1) is 11.7 Å². The molecule has 11 heteroatoms. The first kappa shape index (κ1) is 18.1. The molecule has 1 atom stereocenters. The maximum Gasteiger partial charge on any atom is 0.492 e. The number of hydroxylamine groups is 2. The van der Waals surface area contributed by atoms with E-state index in [1.165, 1.54) is 16.9 Å². The highest BCUT2D eigenvalue weighted by atomic mass is 19.4. The Morgan fingerprint density at radius 1 is 1.35 bits per heavy atom. The van der Waals surface area contributed by atoms with Gasteiger partial charge in [0.15, 0.2) is 0 Å². The molecule has 1 aromatic carbocycles. The Hall–Kier alpha value is -2.69. The van der Waals surface area contributed by atoms with E-state index in [1.54, 1.807) is 0 Å². The van der Waals surface area contributed by atoms with Crippen LogP contribution >= 0.6 is 0 Å². The molecule has 1 aliphatic heterocycles. The Labute approximate surface area is 144 Å². The lowest BCUT2D eigenvalue weighted by atomic mass is 10.1. The summed E-state index contributed by atoms with van der Waals surface area (Å²) in [6, 6.07) is 2.20. The summed E-state index contributed by atoms with van der Waals surface area (Å²) in [5.74, 6) is -3.83. The maximum absolute atomic E-state index is 13.5. The highest BCUT2D eigenvalue weighted by molar-refractivity contribution is 6.04. The lowest BCUT2D eigenvalue weighted by molar-refractivity contribution is -0.235. The van der Waals surface area contributed by atoms with E-state index in [1.807, 2.05) is 0 Å². The van der Waals surface area contributed by atoms with Crippen LogP contribution in [0.1, 0.15) is 16.8 Å². The van der Waals surface area contributed by atoms with Crippen molar-refractivity contribution in [1.29, 1.82) is 0 Å². The van der Waals surface area contributed by atoms with Crippen molar-refractivity contribution in [3.05, 3.63) is 29.7 Å². The Morgan fingerprint density at radius 3 is 2.73 bits per heavy atom. The number of primary amides is 1. The third-order valence-electron chi connectivity index (χ3n) is 4.02. The summed E-state index contributed by atoms with van der Waals surface area (Å²) < 4.78 is 51.7. The number of halogens is 4. The number of rotatable bonds is 4. The van der Waals surface area contributed by atoms with Crippen LogP contribution in [0.25, 0.3) is 10.9 Å². The van der Waals surface area contributed by atoms with Gasteiger partial charge in [-0.3, -0.25) is 9.48 Å². The fraction of sp³-hybridized carbons (Fsp3) is 0.400. The average molecular weight is 374 g/mol. The zero-order valence-electron chi connectivity index (χ0n) is 13.3. The van der Waals surface area contributed by atoms with Gasteiger partial charge >= 0.3 is 12.1 Å². The van der Waals surface area contributed by atoms with Crippen LogP contribution in [-0.2, 0) is 16.2 Å². The second kappa shape index (κ2) is 6.56. The lowest BCUT2D eigenvalue weighted by Crippen LogP contribution is -2.34. The number of nitrogens with two attached hydrogens (primary N) is 1. The van der Waals surface area contributed by atoms with Crippen molar-refractivity contribution in [2.45, 2.75) is 19.1 Å². The second-order valence-electron chi connectivity index (χ2n) is 6.03. The van der Waals surface area contributed by atoms with Gasteiger partial charge in [-0.1, -0.05) is 0 Å². The monoisotopic (exact) mass is 374 g/mol. The van der Waals surface area contributed by atoms with Gasteiger partial charge in [0.05, 0.1) is 5.56 Å². The molecule has 7 nitrogen and oxygen atoms in total. The third-order valence-corrected chi connectivity index (χ3v) is 4.02. The second-order valence-corrected chi connectivity index (χ2v) is 6.03. The molecule has 0 saturated carbocycles. The number of carbonyl (C=O) groups is 2. The summed E-state index contributed by atoms with van der Waals surface area (Å²) in [5.41, 5.74) is 5.42. The van der Waals surface area contributed by atoms with Crippen molar-refractivity contribution >= 4 is 22.8 Å². The largest absolute Gasteiger partial charge is 0.492 e. The van der Waals surface area contributed by atoms with Crippen LogP contribution in [0.5, 0.6) is 0 Å². The minimum absolute atomic E-state index is 0.0501. The molecule has 0 aliphatic carbocycles. The van der Waals surface area contributed by atoms with Gasteiger partial charge in [0, 0.05) is 31.2 Å². The van der Waals surface area contributed by atoms with Gasteiger partial charge in [0.2, 0.25) is 0 Å². The summed E-state index contributed by atoms with van der Waals surface area (Å²) in [6.45, 7) is 0.568.